The Labute approximate surface area is 140 Å². The van der Waals surface area contributed by atoms with Crippen molar-refractivity contribution in [3.63, 3.8) is 0 Å². The molecule has 0 unspecified atom stereocenters. The Hall–Kier alpha value is -2.08. The van der Waals surface area contributed by atoms with E-state index < -0.39 is 0 Å². The first kappa shape index (κ1) is 15.8. The van der Waals surface area contributed by atoms with E-state index in [-0.39, 0.29) is 0 Å². The SMILES string of the molecule is CCCc1ccc(Cc2ccc3cc(CCC)ccc3c2)cc1. The summed E-state index contributed by atoms with van der Waals surface area (Å²) in [6.07, 6.45) is 5.78. The lowest BCUT2D eigenvalue weighted by Gasteiger charge is -2.07. The number of benzene rings is 3. The molecule has 118 valence electrons. The quantitative estimate of drug-likeness (QED) is 0.498. The van der Waals surface area contributed by atoms with Crippen LogP contribution in [-0.2, 0) is 19.3 Å². The van der Waals surface area contributed by atoms with Crippen LogP contribution in [0.25, 0.3) is 10.8 Å². The first-order valence-corrected chi connectivity index (χ1v) is 8.88. The van der Waals surface area contributed by atoms with Crippen LogP contribution < -0.4 is 0 Å². The van der Waals surface area contributed by atoms with Gasteiger partial charge in [-0.2, -0.15) is 0 Å². The second-order valence-corrected chi connectivity index (χ2v) is 6.51. The van der Waals surface area contributed by atoms with Gasteiger partial charge in [-0.05, 0) is 52.3 Å². The van der Waals surface area contributed by atoms with E-state index in [1.165, 1.54) is 58.7 Å². The van der Waals surface area contributed by atoms with Gasteiger partial charge in [-0.15, -0.1) is 0 Å². The molecule has 0 nitrogen and oxygen atoms in total. The molecule has 0 heteroatoms. The molecule has 3 aromatic rings. The van der Waals surface area contributed by atoms with Gasteiger partial charge in [0, 0.05) is 0 Å². The van der Waals surface area contributed by atoms with E-state index in [1.807, 2.05) is 0 Å². The van der Waals surface area contributed by atoms with Crippen LogP contribution in [0.4, 0.5) is 0 Å². The fourth-order valence-electron chi connectivity index (χ4n) is 3.25. The summed E-state index contributed by atoms with van der Waals surface area (Å²) < 4.78 is 0. The van der Waals surface area contributed by atoms with Crippen molar-refractivity contribution in [2.24, 2.45) is 0 Å². The molecule has 0 aliphatic heterocycles. The molecule has 0 fully saturated rings. The monoisotopic (exact) mass is 302 g/mol. The lowest BCUT2D eigenvalue weighted by Crippen LogP contribution is -1.90. The Morgan fingerprint density at radius 2 is 1.00 bits per heavy atom. The third-order valence-electron chi connectivity index (χ3n) is 4.48. The molecule has 0 aliphatic rings. The van der Waals surface area contributed by atoms with Crippen LogP contribution in [0.5, 0.6) is 0 Å². The maximum atomic E-state index is 2.34. The summed E-state index contributed by atoms with van der Waals surface area (Å²) in [5.74, 6) is 0. The first-order chi connectivity index (χ1) is 11.3. The summed E-state index contributed by atoms with van der Waals surface area (Å²) >= 11 is 0. The summed E-state index contributed by atoms with van der Waals surface area (Å²) in [7, 11) is 0. The van der Waals surface area contributed by atoms with Gasteiger partial charge in [0.25, 0.3) is 0 Å². The number of fused-ring (bicyclic) bond motifs is 1. The average molecular weight is 302 g/mol. The van der Waals surface area contributed by atoms with Crippen LogP contribution in [-0.4, -0.2) is 0 Å². The van der Waals surface area contributed by atoms with Crippen LogP contribution in [0.3, 0.4) is 0 Å². The standard InChI is InChI=1S/C23H26/c1-3-5-18-7-9-20(10-8-18)15-21-12-14-22-16-19(6-4-2)11-13-23(22)17-21/h7-14,16-17H,3-6,15H2,1-2H3. The Morgan fingerprint density at radius 3 is 1.65 bits per heavy atom. The Balaban J connectivity index is 1.78. The lowest BCUT2D eigenvalue weighted by atomic mass is 9.98. The van der Waals surface area contributed by atoms with Crippen LogP contribution in [0.15, 0.2) is 60.7 Å². The van der Waals surface area contributed by atoms with Gasteiger partial charge in [0.15, 0.2) is 0 Å². The second kappa shape index (κ2) is 7.46. The second-order valence-electron chi connectivity index (χ2n) is 6.51. The predicted octanol–water partition coefficient (Wildman–Crippen LogP) is 6.34. The van der Waals surface area contributed by atoms with Crippen LogP contribution in [0, 0.1) is 0 Å². The summed E-state index contributed by atoms with van der Waals surface area (Å²) in [5.41, 5.74) is 5.67. The van der Waals surface area contributed by atoms with Gasteiger partial charge in [0.2, 0.25) is 0 Å². The molecule has 0 radical (unpaired) electrons. The number of hydrogen-bond acceptors (Lipinski definition) is 0. The third-order valence-corrected chi connectivity index (χ3v) is 4.48. The van der Waals surface area contributed by atoms with Gasteiger partial charge in [0.05, 0.1) is 0 Å². The van der Waals surface area contributed by atoms with E-state index >= 15 is 0 Å². The minimum atomic E-state index is 1.01. The summed E-state index contributed by atoms with van der Waals surface area (Å²) in [5, 5.41) is 2.71. The number of aryl methyl sites for hydroxylation is 2. The molecule has 0 saturated heterocycles. The molecule has 0 aromatic heterocycles. The topological polar surface area (TPSA) is 0 Å². The highest BCUT2D eigenvalue weighted by Gasteiger charge is 2.01. The zero-order valence-corrected chi connectivity index (χ0v) is 14.3. The van der Waals surface area contributed by atoms with Gasteiger partial charge >= 0.3 is 0 Å². The van der Waals surface area contributed by atoms with Crippen molar-refractivity contribution in [2.75, 3.05) is 0 Å². The van der Waals surface area contributed by atoms with Crippen molar-refractivity contribution in [3.8, 4) is 0 Å². The highest BCUT2D eigenvalue weighted by atomic mass is 14.1. The van der Waals surface area contributed by atoms with Crippen molar-refractivity contribution in [2.45, 2.75) is 46.0 Å². The van der Waals surface area contributed by atoms with Crippen LogP contribution >= 0.6 is 0 Å². The van der Waals surface area contributed by atoms with E-state index in [0.717, 1.165) is 6.42 Å². The molecule has 3 aromatic carbocycles. The zero-order valence-electron chi connectivity index (χ0n) is 14.3. The fourth-order valence-corrected chi connectivity index (χ4v) is 3.25. The molecule has 0 atom stereocenters. The highest BCUT2D eigenvalue weighted by molar-refractivity contribution is 5.83. The van der Waals surface area contributed by atoms with E-state index in [4.69, 9.17) is 0 Å². The molecule has 3 rings (SSSR count). The average Bonchev–Trinajstić information content (AvgIpc) is 2.57. The lowest BCUT2D eigenvalue weighted by molar-refractivity contribution is 0.920. The minimum absolute atomic E-state index is 1.01. The molecular weight excluding hydrogens is 276 g/mol. The summed E-state index contributed by atoms with van der Waals surface area (Å²) in [6, 6.07) is 22.9. The van der Waals surface area contributed by atoms with Gasteiger partial charge in [-0.1, -0.05) is 87.4 Å². The largest absolute Gasteiger partial charge is 0.0651 e. The molecule has 0 saturated carbocycles. The van der Waals surface area contributed by atoms with E-state index in [0.29, 0.717) is 0 Å². The van der Waals surface area contributed by atoms with E-state index in [9.17, 15) is 0 Å². The molecule has 0 bridgehead atoms. The molecule has 23 heavy (non-hydrogen) atoms. The Bertz CT molecular complexity index is 766. The van der Waals surface area contributed by atoms with Gasteiger partial charge < -0.3 is 0 Å². The van der Waals surface area contributed by atoms with Gasteiger partial charge in [0.1, 0.15) is 0 Å². The van der Waals surface area contributed by atoms with Crippen molar-refractivity contribution in [1.82, 2.24) is 0 Å². The molecule has 0 heterocycles. The van der Waals surface area contributed by atoms with Crippen LogP contribution in [0.1, 0.15) is 48.9 Å². The first-order valence-electron chi connectivity index (χ1n) is 8.88. The van der Waals surface area contributed by atoms with Crippen LogP contribution in [0.2, 0.25) is 0 Å². The summed E-state index contributed by atoms with van der Waals surface area (Å²) in [4.78, 5) is 0. The number of hydrogen-bond donors (Lipinski definition) is 0. The maximum absolute atomic E-state index is 2.34. The van der Waals surface area contributed by atoms with Crippen molar-refractivity contribution < 1.29 is 0 Å². The molecule has 0 N–H and O–H groups in total. The number of rotatable bonds is 6. The van der Waals surface area contributed by atoms with Crippen molar-refractivity contribution in [1.29, 1.82) is 0 Å². The Morgan fingerprint density at radius 1 is 0.522 bits per heavy atom. The third kappa shape index (κ3) is 4.01. The highest BCUT2D eigenvalue weighted by Crippen LogP contribution is 2.21. The maximum Gasteiger partial charge on any atom is -0.00255 e. The summed E-state index contributed by atoms with van der Waals surface area (Å²) in [6.45, 7) is 4.47. The molecular formula is C23H26. The minimum Gasteiger partial charge on any atom is -0.0651 e. The van der Waals surface area contributed by atoms with E-state index in [2.05, 4.69) is 74.5 Å². The zero-order chi connectivity index (χ0) is 16.1. The molecule has 0 spiro atoms. The molecule has 0 aliphatic carbocycles. The smallest absolute Gasteiger partial charge is 0.00255 e. The van der Waals surface area contributed by atoms with Gasteiger partial charge in [-0.3, -0.25) is 0 Å². The molecule has 0 amide bonds. The normalized spacial score (nSPS) is 11.0. The van der Waals surface area contributed by atoms with Gasteiger partial charge in [-0.25, -0.2) is 0 Å². The fraction of sp³-hybridized carbons (Fsp3) is 0.304. The van der Waals surface area contributed by atoms with Crippen molar-refractivity contribution in [3.05, 3.63) is 82.9 Å². The predicted molar refractivity (Wildman–Crippen MR) is 101 cm³/mol. The van der Waals surface area contributed by atoms with E-state index in [1.54, 1.807) is 0 Å². The van der Waals surface area contributed by atoms with Crippen molar-refractivity contribution >= 4 is 10.8 Å². The Kier molecular flexibility index (Phi) is 5.12.